The smallest absolute Gasteiger partial charge is 0.411 e. The number of carbonyl (C=O) groups is 2. The zero-order valence-corrected chi connectivity index (χ0v) is 10.1. The van der Waals surface area contributed by atoms with Gasteiger partial charge in [0.25, 0.3) is 0 Å². The van der Waals surface area contributed by atoms with E-state index in [1.165, 1.54) is 0 Å². The van der Waals surface area contributed by atoms with Crippen LogP contribution in [0.4, 0.5) is 4.79 Å². The van der Waals surface area contributed by atoms with Crippen molar-refractivity contribution < 1.29 is 14.3 Å². The molecule has 3 atom stereocenters. The lowest BCUT2D eigenvalue weighted by atomic mass is 9.84. The predicted octanol–water partition coefficient (Wildman–Crippen LogP) is 2.29. The third-order valence-corrected chi connectivity index (χ3v) is 3.35. The van der Waals surface area contributed by atoms with Crippen LogP contribution in [0.1, 0.15) is 39.0 Å². The second-order valence-electron chi connectivity index (χ2n) is 4.52. The minimum Gasteiger partial charge on any atom is -0.430 e. The Bertz CT molecular complexity index is 290. The summed E-state index contributed by atoms with van der Waals surface area (Å²) < 4.78 is 5.00. The fraction of sp³-hybridized carbons (Fsp3) is 0.818. The molecule has 4 nitrogen and oxygen atoms in total. The van der Waals surface area contributed by atoms with Gasteiger partial charge in [0.1, 0.15) is 5.78 Å². The first kappa shape index (κ1) is 11.7. The molecule has 2 aliphatic heterocycles. The molecule has 0 saturated carbocycles. The van der Waals surface area contributed by atoms with Gasteiger partial charge >= 0.3 is 6.09 Å². The lowest BCUT2D eigenvalue weighted by molar-refractivity contribution is -0.126. The average Bonchev–Trinajstić information content (AvgIpc) is 2.14. The summed E-state index contributed by atoms with van der Waals surface area (Å²) in [5.74, 6) is 0.262. The Morgan fingerprint density at radius 2 is 2.00 bits per heavy atom. The monoisotopic (exact) mass is 245 g/mol. The quantitative estimate of drug-likeness (QED) is 0.666. The third kappa shape index (κ3) is 2.32. The Hall–Kier alpha value is -0.770. The van der Waals surface area contributed by atoms with E-state index in [1.807, 2.05) is 0 Å². The van der Waals surface area contributed by atoms with Crippen LogP contribution >= 0.6 is 11.6 Å². The molecule has 90 valence electrons. The van der Waals surface area contributed by atoms with Gasteiger partial charge in [-0.1, -0.05) is 11.6 Å². The van der Waals surface area contributed by atoms with E-state index in [1.54, 1.807) is 11.8 Å². The fourth-order valence-electron chi connectivity index (χ4n) is 2.67. The van der Waals surface area contributed by atoms with Crippen LogP contribution in [0.5, 0.6) is 0 Å². The van der Waals surface area contributed by atoms with Crippen LogP contribution in [-0.4, -0.2) is 34.4 Å². The predicted molar refractivity (Wildman–Crippen MR) is 59.3 cm³/mol. The van der Waals surface area contributed by atoms with E-state index in [4.69, 9.17) is 16.3 Å². The number of amides is 1. The van der Waals surface area contributed by atoms with Crippen LogP contribution in [0.3, 0.4) is 0 Å². The molecule has 2 rings (SSSR count). The maximum atomic E-state index is 11.8. The number of nitrogens with zero attached hydrogens (tertiary/aromatic N) is 1. The van der Waals surface area contributed by atoms with Crippen molar-refractivity contribution in [3.63, 3.8) is 0 Å². The van der Waals surface area contributed by atoms with Crippen molar-refractivity contribution in [2.45, 2.75) is 56.7 Å². The number of fused-ring (bicyclic) bond motifs is 2. The second kappa shape index (κ2) is 4.62. The standard InChI is InChI=1S/C11H16ClNO3/c1-7(12)16-11(15)13-8-3-2-4-9(13)6-10(14)5-8/h7-9H,2-6H2,1H3. The molecule has 0 aliphatic carbocycles. The number of ketones is 1. The van der Waals surface area contributed by atoms with Gasteiger partial charge in [-0.3, -0.25) is 4.79 Å². The van der Waals surface area contributed by atoms with Crippen molar-refractivity contribution in [1.82, 2.24) is 4.90 Å². The summed E-state index contributed by atoms with van der Waals surface area (Å²) in [6.07, 6.45) is 3.46. The van der Waals surface area contributed by atoms with Crippen molar-refractivity contribution in [2.75, 3.05) is 0 Å². The van der Waals surface area contributed by atoms with Gasteiger partial charge in [-0.25, -0.2) is 4.79 Å². The summed E-state index contributed by atoms with van der Waals surface area (Å²) in [4.78, 5) is 25.0. The van der Waals surface area contributed by atoms with Gasteiger partial charge in [0.05, 0.1) is 0 Å². The van der Waals surface area contributed by atoms with E-state index in [-0.39, 0.29) is 24.0 Å². The van der Waals surface area contributed by atoms with E-state index < -0.39 is 5.56 Å². The molecule has 1 amide bonds. The molecule has 0 N–H and O–H groups in total. The minimum absolute atomic E-state index is 0.0305. The minimum atomic E-state index is -0.620. The SMILES string of the molecule is CC(Cl)OC(=O)N1C2CCCC1CC(=O)C2. The number of hydrogen-bond donors (Lipinski definition) is 0. The highest BCUT2D eigenvalue weighted by molar-refractivity contribution is 6.19. The number of rotatable bonds is 1. The maximum absolute atomic E-state index is 11.8. The van der Waals surface area contributed by atoms with E-state index in [9.17, 15) is 9.59 Å². The molecule has 3 unspecified atom stereocenters. The lowest BCUT2D eigenvalue weighted by Gasteiger charge is -2.44. The van der Waals surface area contributed by atoms with Gasteiger partial charge < -0.3 is 9.64 Å². The number of piperidine rings is 2. The van der Waals surface area contributed by atoms with Crippen molar-refractivity contribution in [1.29, 1.82) is 0 Å². The molecule has 2 fully saturated rings. The van der Waals surface area contributed by atoms with Gasteiger partial charge in [0, 0.05) is 24.9 Å². The Kier molecular flexibility index (Phi) is 3.38. The first-order valence-corrected chi connectivity index (χ1v) is 6.16. The fourth-order valence-corrected chi connectivity index (χ4v) is 2.75. The zero-order valence-electron chi connectivity index (χ0n) is 9.32. The molecule has 2 saturated heterocycles. The van der Waals surface area contributed by atoms with Crippen LogP contribution < -0.4 is 0 Å². The Morgan fingerprint density at radius 1 is 1.44 bits per heavy atom. The average molecular weight is 246 g/mol. The van der Waals surface area contributed by atoms with Crippen LogP contribution in [0.25, 0.3) is 0 Å². The Balaban J connectivity index is 2.08. The van der Waals surface area contributed by atoms with Gasteiger partial charge in [-0.2, -0.15) is 0 Å². The summed E-state index contributed by atoms with van der Waals surface area (Å²) >= 11 is 5.64. The number of carbonyl (C=O) groups excluding carboxylic acids is 2. The summed E-state index contributed by atoms with van der Waals surface area (Å²) in [6, 6.07) is 0.0610. The molecule has 0 aromatic carbocycles. The third-order valence-electron chi connectivity index (χ3n) is 3.26. The summed E-state index contributed by atoms with van der Waals surface area (Å²) in [5, 5.41) is 0. The van der Waals surface area contributed by atoms with Crippen molar-refractivity contribution in [2.24, 2.45) is 0 Å². The van der Waals surface area contributed by atoms with Crippen LogP contribution in [-0.2, 0) is 9.53 Å². The molecule has 0 radical (unpaired) electrons. The van der Waals surface area contributed by atoms with E-state index >= 15 is 0 Å². The number of halogens is 1. The summed E-state index contributed by atoms with van der Waals surface area (Å²) in [7, 11) is 0. The molecular weight excluding hydrogens is 230 g/mol. The topological polar surface area (TPSA) is 46.6 Å². The summed E-state index contributed by atoms with van der Waals surface area (Å²) in [6.45, 7) is 1.62. The van der Waals surface area contributed by atoms with Crippen LogP contribution in [0.15, 0.2) is 0 Å². The number of ether oxygens (including phenoxy) is 1. The van der Waals surface area contributed by atoms with Crippen LogP contribution in [0, 0.1) is 0 Å². The lowest BCUT2D eigenvalue weighted by Crippen LogP contribution is -2.55. The van der Waals surface area contributed by atoms with Crippen molar-refractivity contribution >= 4 is 23.5 Å². The Labute approximate surface area is 99.9 Å². The van der Waals surface area contributed by atoms with Gasteiger partial charge in [0.15, 0.2) is 5.56 Å². The van der Waals surface area contributed by atoms with Crippen LogP contribution in [0.2, 0.25) is 0 Å². The van der Waals surface area contributed by atoms with Gasteiger partial charge in [0.2, 0.25) is 0 Å². The molecule has 0 spiro atoms. The first-order valence-electron chi connectivity index (χ1n) is 5.72. The highest BCUT2D eigenvalue weighted by Gasteiger charge is 2.41. The number of hydrogen-bond acceptors (Lipinski definition) is 3. The number of alkyl halides is 1. The molecule has 16 heavy (non-hydrogen) atoms. The van der Waals surface area contributed by atoms with E-state index in [0.29, 0.717) is 12.8 Å². The highest BCUT2D eigenvalue weighted by Crippen LogP contribution is 2.32. The molecule has 0 aromatic heterocycles. The largest absolute Gasteiger partial charge is 0.430 e. The zero-order chi connectivity index (χ0) is 11.7. The van der Waals surface area contributed by atoms with Crippen molar-refractivity contribution in [3.05, 3.63) is 0 Å². The van der Waals surface area contributed by atoms with E-state index in [0.717, 1.165) is 19.3 Å². The molecule has 0 aromatic rings. The Morgan fingerprint density at radius 3 is 2.50 bits per heavy atom. The van der Waals surface area contributed by atoms with Gasteiger partial charge in [-0.15, -0.1) is 0 Å². The molecule has 2 aliphatic rings. The summed E-state index contributed by atoms with van der Waals surface area (Å²) in [5.41, 5.74) is -0.620. The molecular formula is C11H16ClNO3. The van der Waals surface area contributed by atoms with Gasteiger partial charge in [-0.05, 0) is 26.2 Å². The van der Waals surface area contributed by atoms with Crippen molar-refractivity contribution in [3.8, 4) is 0 Å². The van der Waals surface area contributed by atoms with E-state index in [2.05, 4.69) is 0 Å². The maximum Gasteiger partial charge on any atom is 0.411 e. The highest BCUT2D eigenvalue weighted by atomic mass is 35.5. The molecule has 2 heterocycles. The molecule has 2 bridgehead atoms. The second-order valence-corrected chi connectivity index (χ2v) is 5.13. The molecule has 5 heteroatoms. The first-order chi connectivity index (χ1) is 7.58. The number of Topliss-reactive ketones (excluding diaryl/α,β-unsaturated/α-hetero) is 1. The normalized spacial score (nSPS) is 31.1.